The van der Waals surface area contributed by atoms with Crippen molar-refractivity contribution in [1.82, 2.24) is 10.2 Å². The Morgan fingerprint density at radius 3 is 2.05 bits per heavy atom. The Hall–Kier alpha value is -3.58. The highest BCUT2D eigenvalue weighted by Gasteiger charge is 2.30. The highest BCUT2D eigenvalue weighted by molar-refractivity contribution is 5.94. The van der Waals surface area contributed by atoms with Gasteiger partial charge < -0.3 is 15.5 Å². The fourth-order valence-electron chi connectivity index (χ4n) is 5.37. The average molecular weight is 532 g/mol. The van der Waals surface area contributed by atoms with Crippen LogP contribution in [0.4, 0.5) is 14.5 Å². The molecule has 39 heavy (non-hydrogen) atoms. The zero-order valence-corrected chi connectivity index (χ0v) is 22.0. The van der Waals surface area contributed by atoms with Gasteiger partial charge in [0, 0.05) is 18.2 Å². The number of anilines is 1. The number of carbonyl (C=O) groups is 2. The van der Waals surface area contributed by atoms with Gasteiger partial charge in [0.1, 0.15) is 11.6 Å². The zero-order chi connectivity index (χ0) is 27.2. The largest absolute Gasteiger partial charge is 0.355 e. The fourth-order valence-corrected chi connectivity index (χ4v) is 5.37. The minimum atomic E-state index is -0.633. The van der Waals surface area contributed by atoms with E-state index in [2.05, 4.69) is 27.7 Å². The molecule has 204 valence electrons. The van der Waals surface area contributed by atoms with Crippen molar-refractivity contribution in [3.8, 4) is 0 Å². The number of hydrogen-bond donors (Lipinski definition) is 2. The summed E-state index contributed by atoms with van der Waals surface area (Å²) in [5, 5.41) is 6.08. The van der Waals surface area contributed by atoms with Gasteiger partial charge in [0.15, 0.2) is 0 Å². The number of nitrogens with zero attached hydrogens (tertiary/aromatic N) is 1. The summed E-state index contributed by atoms with van der Waals surface area (Å²) in [6.07, 6.45) is 4.93. The van der Waals surface area contributed by atoms with E-state index in [0.717, 1.165) is 57.4 Å². The third-order valence-corrected chi connectivity index (χ3v) is 7.78. The Labute approximate surface area is 228 Å². The molecule has 0 bridgehead atoms. The lowest BCUT2D eigenvalue weighted by molar-refractivity contribution is -0.121. The van der Waals surface area contributed by atoms with Crippen molar-refractivity contribution in [3.05, 3.63) is 101 Å². The van der Waals surface area contributed by atoms with E-state index in [1.54, 1.807) is 24.3 Å². The highest BCUT2D eigenvalue weighted by Crippen LogP contribution is 2.32. The van der Waals surface area contributed by atoms with Crippen LogP contribution in [-0.2, 0) is 9.59 Å². The predicted molar refractivity (Wildman–Crippen MR) is 148 cm³/mol. The maximum atomic E-state index is 13.5. The van der Waals surface area contributed by atoms with Crippen LogP contribution in [0.1, 0.15) is 60.6 Å². The molecule has 0 atom stereocenters. The van der Waals surface area contributed by atoms with Gasteiger partial charge in [-0.15, -0.1) is 0 Å². The summed E-state index contributed by atoms with van der Waals surface area (Å²) in [7, 11) is 0. The Morgan fingerprint density at radius 1 is 0.846 bits per heavy atom. The van der Waals surface area contributed by atoms with Crippen molar-refractivity contribution in [2.45, 2.75) is 43.9 Å². The Morgan fingerprint density at radius 2 is 1.46 bits per heavy atom. The van der Waals surface area contributed by atoms with Crippen LogP contribution in [0, 0.1) is 17.6 Å². The van der Waals surface area contributed by atoms with Crippen LogP contribution in [0.15, 0.2) is 72.8 Å². The van der Waals surface area contributed by atoms with Gasteiger partial charge in [-0.3, -0.25) is 9.59 Å². The molecule has 5 nitrogen and oxygen atoms in total. The molecule has 7 heteroatoms. The van der Waals surface area contributed by atoms with Gasteiger partial charge in [-0.1, -0.05) is 36.4 Å². The molecule has 1 heterocycles. The molecular formula is C32H35F2N3O2. The normalized spacial score (nSPS) is 16.3. The van der Waals surface area contributed by atoms with E-state index in [-0.39, 0.29) is 29.4 Å². The predicted octanol–water partition coefficient (Wildman–Crippen LogP) is 5.83. The van der Waals surface area contributed by atoms with Crippen LogP contribution >= 0.6 is 0 Å². The van der Waals surface area contributed by atoms with Crippen LogP contribution in [0.5, 0.6) is 0 Å². The van der Waals surface area contributed by atoms with Crippen LogP contribution in [0.25, 0.3) is 0 Å². The summed E-state index contributed by atoms with van der Waals surface area (Å²) in [5.41, 5.74) is 3.50. The molecule has 1 saturated carbocycles. The molecule has 1 aliphatic carbocycles. The van der Waals surface area contributed by atoms with Crippen LogP contribution in [0.2, 0.25) is 0 Å². The van der Waals surface area contributed by atoms with Crippen molar-refractivity contribution in [2.75, 3.05) is 31.5 Å². The van der Waals surface area contributed by atoms with Crippen molar-refractivity contribution >= 4 is 17.5 Å². The van der Waals surface area contributed by atoms with E-state index < -0.39 is 5.92 Å². The minimum absolute atomic E-state index is 0.135. The molecule has 0 radical (unpaired) electrons. The minimum Gasteiger partial charge on any atom is -0.355 e. The molecule has 0 unspecified atom stereocenters. The van der Waals surface area contributed by atoms with E-state index in [4.69, 9.17) is 0 Å². The summed E-state index contributed by atoms with van der Waals surface area (Å²) in [6, 6.07) is 20.0. The average Bonchev–Trinajstić information content (AvgIpc) is 3.80. The highest BCUT2D eigenvalue weighted by atomic mass is 19.1. The van der Waals surface area contributed by atoms with Gasteiger partial charge in [0.2, 0.25) is 11.8 Å². The van der Waals surface area contributed by atoms with Gasteiger partial charge in [-0.25, -0.2) is 8.78 Å². The molecule has 0 aromatic heterocycles. The number of benzene rings is 3. The first-order valence-electron chi connectivity index (χ1n) is 13.9. The second-order valence-corrected chi connectivity index (χ2v) is 10.7. The van der Waals surface area contributed by atoms with E-state index in [0.29, 0.717) is 23.6 Å². The van der Waals surface area contributed by atoms with Gasteiger partial charge in [-0.2, -0.15) is 0 Å². The van der Waals surface area contributed by atoms with Crippen molar-refractivity contribution in [1.29, 1.82) is 0 Å². The second-order valence-electron chi connectivity index (χ2n) is 10.7. The number of carbonyl (C=O) groups excluding carboxylic acids is 2. The van der Waals surface area contributed by atoms with Crippen molar-refractivity contribution in [3.63, 3.8) is 0 Å². The molecule has 3 aromatic rings. The van der Waals surface area contributed by atoms with Crippen LogP contribution < -0.4 is 10.6 Å². The number of nitrogens with one attached hydrogen (secondary N) is 2. The Kier molecular flexibility index (Phi) is 8.67. The molecule has 1 aliphatic heterocycles. The molecule has 3 aromatic carbocycles. The summed E-state index contributed by atoms with van der Waals surface area (Å²) in [6.45, 7) is 3.40. The lowest BCUT2D eigenvalue weighted by Gasteiger charge is -2.32. The molecule has 2 fully saturated rings. The first kappa shape index (κ1) is 27.0. The van der Waals surface area contributed by atoms with Gasteiger partial charge >= 0.3 is 0 Å². The number of likely N-dealkylation sites (tertiary alicyclic amines) is 1. The lowest BCUT2D eigenvalue weighted by Crippen LogP contribution is -2.36. The fraction of sp³-hybridized carbons (Fsp3) is 0.375. The van der Waals surface area contributed by atoms with E-state index in [1.165, 1.54) is 29.8 Å². The number of hydrogen-bond acceptors (Lipinski definition) is 3. The number of rotatable bonds is 10. The Balaban J connectivity index is 1.08. The topological polar surface area (TPSA) is 61.4 Å². The number of piperidine rings is 1. The third kappa shape index (κ3) is 7.30. The SMILES string of the molecule is O=C(Nc1cccc(C2CCN(CCCNC(=O)C(c3ccc(F)cc3)c3ccc(F)cc3)CC2)c1)C1CC1. The number of amides is 2. The maximum Gasteiger partial charge on any atom is 0.232 e. The molecule has 5 rings (SSSR count). The first-order chi connectivity index (χ1) is 19.0. The number of halogens is 2. The van der Waals surface area contributed by atoms with Gasteiger partial charge in [-0.05, 0) is 111 Å². The second kappa shape index (κ2) is 12.5. The summed E-state index contributed by atoms with van der Waals surface area (Å²) in [5.74, 6) is -0.741. The van der Waals surface area contributed by atoms with E-state index >= 15 is 0 Å². The van der Waals surface area contributed by atoms with Crippen molar-refractivity contribution < 1.29 is 18.4 Å². The van der Waals surface area contributed by atoms with Crippen LogP contribution in [-0.4, -0.2) is 42.9 Å². The quantitative estimate of drug-likeness (QED) is 0.324. The third-order valence-electron chi connectivity index (χ3n) is 7.78. The first-order valence-corrected chi connectivity index (χ1v) is 13.9. The van der Waals surface area contributed by atoms with E-state index in [9.17, 15) is 18.4 Å². The molecule has 2 aliphatic rings. The van der Waals surface area contributed by atoms with Gasteiger partial charge in [0.05, 0.1) is 5.92 Å². The van der Waals surface area contributed by atoms with Crippen molar-refractivity contribution in [2.24, 2.45) is 5.92 Å². The lowest BCUT2D eigenvalue weighted by atomic mass is 9.89. The Bertz CT molecular complexity index is 1220. The molecule has 2 amide bonds. The summed E-state index contributed by atoms with van der Waals surface area (Å²) >= 11 is 0. The maximum absolute atomic E-state index is 13.5. The molecule has 2 N–H and O–H groups in total. The molecular weight excluding hydrogens is 496 g/mol. The summed E-state index contributed by atoms with van der Waals surface area (Å²) in [4.78, 5) is 27.7. The summed E-state index contributed by atoms with van der Waals surface area (Å²) < 4.78 is 26.9. The van der Waals surface area contributed by atoms with Crippen LogP contribution in [0.3, 0.4) is 0 Å². The smallest absolute Gasteiger partial charge is 0.232 e. The monoisotopic (exact) mass is 531 g/mol. The zero-order valence-electron chi connectivity index (χ0n) is 22.0. The van der Waals surface area contributed by atoms with E-state index in [1.807, 2.05) is 12.1 Å². The van der Waals surface area contributed by atoms with Gasteiger partial charge in [0.25, 0.3) is 0 Å². The molecule has 1 saturated heterocycles. The standard InChI is InChI=1S/C32H35F2N3O2/c33-27-11-7-23(8-12-27)30(24-9-13-28(34)14-10-24)32(39)35-17-2-18-37-19-15-22(16-20-37)26-3-1-4-29(21-26)36-31(38)25-5-6-25/h1,3-4,7-14,21-22,25,30H,2,5-6,15-20H2,(H,35,39)(H,36,38). The molecule has 0 spiro atoms.